The largest absolute Gasteiger partial charge is 0.326 e. The van der Waals surface area contributed by atoms with Gasteiger partial charge in [-0.2, -0.15) is 5.26 Å². The van der Waals surface area contributed by atoms with E-state index in [4.69, 9.17) is 5.26 Å². The van der Waals surface area contributed by atoms with E-state index in [0.29, 0.717) is 11.3 Å². The van der Waals surface area contributed by atoms with E-state index in [-0.39, 0.29) is 5.91 Å². The molecule has 0 bridgehead atoms. The molecule has 1 amide bonds. The van der Waals surface area contributed by atoms with Gasteiger partial charge in [-0.3, -0.25) is 9.36 Å². The smallest absolute Gasteiger partial charge is 0.221 e. The van der Waals surface area contributed by atoms with Crippen LogP contribution in [0.4, 0.5) is 5.69 Å². The van der Waals surface area contributed by atoms with Gasteiger partial charge in [0.15, 0.2) is 5.16 Å². The zero-order chi connectivity index (χ0) is 17.6. The molecule has 0 spiro atoms. The van der Waals surface area contributed by atoms with Crippen molar-refractivity contribution < 1.29 is 4.79 Å². The lowest BCUT2D eigenvalue weighted by molar-refractivity contribution is -0.114. The molecule has 6 nitrogen and oxygen atoms in total. The number of nitriles is 1. The molecule has 0 saturated heterocycles. The van der Waals surface area contributed by atoms with E-state index >= 15 is 0 Å². The van der Waals surface area contributed by atoms with Crippen molar-refractivity contribution in [2.24, 2.45) is 0 Å². The number of hydrogen-bond acceptors (Lipinski definition) is 5. The minimum Gasteiger partial charge on any atom is -0.326 e. The van der Waals surface area contributed by atoms with Gasteiger partial charge in [0, 0.05) is 18.4 Å². The van der Waals surface area contributed by atoms with E-state index in [1.807, 2.05) is 47.0 Å². The van der Waals surface area contributed by atoms with E-state index in [1.54, 1.807) is 12.4 Å². The third-order valence-corrected chi connectivity index (χ3v) is 4.40. The van der Waals surface area contributed by atoms with Crippen LogP contribution in [0, 0.1) is 11.3 Å². The van der Waals surface area contributed by atoms with E-state index in [1.165, 1.54) is 18.7 Å². The second-order valence-corrected chi connectivity index (χ2v) is 6.26. The van der Waals surface area contributed by atoms with E-state index < -0.39 is 0 Å². The van der Waals surface area contributed by atoms with Crippen LogP contribution >= 0.6 is 11.8 Å². The second-order valence-electron chi connectivity index (χ2n) is 5.32. The number of hydrogen-bond donors (Lipinski definition) is 1. The molecule has 25 heavy (non-hydrogen) atoms. The van der Waals surface area contributed by atoms with Gasteiger partial charge in [-0.15, -0.1) is 10.2 Å². The number of rotatable bonds is 5. The minimum atomic E-state index is -0.118. The lowest BCUT2D eigenvalue weighted by atomic mass is 10.2. The molecule has 124 valence electrons. The van der Waals surface area contributed by atoms with Crippen LogP contribution < -0.4 is 5.32 Å². The molecule has 0 unspecified atom stereocenters. The lowest BCUT2D eigenvalue weighted by Crippen LogP contribution is -2.06. The Morgan fingerprint density at radius 1 is 1.28 bits per heavy atom. The molecule has 1 aromatic heterocycles. The number of aromatic nitrogens is 3. The molecule has 0 aliphatic rings. The zero-order valence-electron chi connectivity index (χ0n) is 13.5. The maximum atomic E-state index is 11.2. The summed E-state index contributed by atoms with van der Waals surface area (Å²) >= 11 is 1.53. The third kappa shape index (κ3) is 4.25. The van der Waals surface area contributed by atoms with Gasteiger partial charge in [-0.05, 0) is 35.9 Å². The summed E-state index contributed by atoms with van der Waals surface area (Å²) in [4.78, 5) is 11.2. The van der Waals surface area contributed by atoms with Crippen molar-refractivity contribution in [3.63, 3.8) is 0 Å². The average molecular weight is 349 g/mol. The van der Waals surface area contributed by atoms with Crippen molar-refractivity contribution >= 4 is 23.4 Å². The van der Waals surface area contributed by atoms with Gasteiger partial charge in [-0.1, -0.05) is 30.0 Å². The van der Waals surface area contributed by atoms with Crippen LogP contribution in [0.15, 0.2) is 60.0 Å². The Hall–Kier alpha value is -3.11. The summed E-state index contributed by atoms with van der Waals surface area (Å²) in [6.07, 6.45) is 1.64. The van der Waals surface area contributed by atoms with Crippen molar-refractivity contribution in [2.75, 3.05) is 5.32 Å². The highest BCUT2D eigenvalue weighted by Crippen LogP contribution is 2.25. The molecule has 0 atom stereocenters. The van der Waals surface area contributed by atoms with Gasteiger partial charge in [0.2, 0.25) is 5.91 Å². The average Bonchev–Trinajstić information content (AvgIpc) is 3.08. The van der Waals surface area contributed by atoms with E-state index in [9.17, 15) is 4.79 Å². The van der Waals surface area contributed by atoms with Crippen LogP contribution in [0.25, 0.3) is 5.69 Å². The van der Waals surface area contributed by atoms with Gasteiger partial charge in [-0.25, -0.2) is 0 Å². The first-order valence-corrected chi connectivity index (χ1v) is 8.54. The Bertz CT molecular complexity index is 944. The molecule has 1 N–H and O–H groups in total. The molecule has 0 fully saturated rings. The zero-order valence-corrected chi connectivity index (χ0v) is 14.3. The van der Waals surface area contributed by atoms with E-state index in [0.717, 1.165) is 22.1 Å². The Morgan fingerprint density at radius 2 is 2.12 bits per heavy atom. The van der Waals surface area contributed by atoms with Gasteiger partial charge in [0.1, 0.15) is 6.33 Å². The number of carbonyl (C=O) groups excluding carboxylic acids is 1. The number of carbonyl (C=O) groups is 1. The Balaban J connectivity index is 1.79. The second kappa shape index (κ2) is 7.64. The third-order valence-electron chi connectivity index (χ3n) is 3.39. The molecule has 0 aliphatic carbocycles. The fourth-order valence-electron chi connectivity index (χ4n) is 2.32. The molecule has 1 heterocycles. The van der Waals surface area contributed by atoms with E-state index in [2.05, 4.69) is 21.6 Å². The molecular weight excluding hydrogens is 334 g/mol. The van der Waals surface area contributed by atoms with Crippen LogP contribution in [-0.4, -0.2) is 20.7 Å². The molecular formula is C18H15N5OS. The van der Waals surface area contributed by atoms with Crippen molar-refractivity contribution in [2.45, 2.75) is 17.8 Å². The SMILES string of the molecule is CC(=O)Nc1cccc(-n2cnnc2SCc2cccc(C#N)c2)c1. The fraction of sp³-hybridized carbons (Fsp3) is 0.111. The summed E-state index contributed by atoms with van der Waals surface area (Å²) in [5.41, 5.74) is 3.27. The quantitative estimate of drug-likeness (QED) is 0.714. The number of benzene rings is 2. The first-order chi connectivity index (χ1) is 12.2. The van der Waals surface area contributed by atoms with Crippen molar-refractivity contribution in [1.82, 2.24) is 14.8 Å². The highest BCUT2D eigenvalue weighted by molar-refractivity contribution is 7.98. The van der Waals surface area contributed by atoms with Crippen LogP contribution in [0.3, 0.4) is 0 Å². The number of thioether (sulfide) groups is 1. The van der Waals surface area contributed by atoms with Crippen molar-refractivity contribution in [3.05, 3.63) is 66.0 Å². The van der Waals surface area contributed by atoms with Gasteiger partial charge in [0.05, 0.1) is 17.3 Å². The highest BCUT2D eigenvalue weighted by atomic mass is 32.2. The predicted molar refractivity (Wildman–Crippen MR) is 96.4 cm³/mol. The number of nitrogens with zero attached hydrogens (tertiary/aromatic N) is 4. The summed E-state index contributed by atoms with van der Waals surface area (Å²) in [5.74, 6) is 0.562. The molecule has 2 aromatic carbocycles. The Morgan fingerprint density at radius 3 is 2.92 bits per heavy atom. The summed E-state index contributed by atoms with van der Waals surface area (Å²) in [7, 11) is 0. The summed E-state index contributed by atoms with van der Waals surface area (Å²) in [5, 5.41) is 20.6. The topological polar surface area (TPSA) is 83.6 Å². The number of nitrogens with one attached hydrogen (secondary N) is 1. The van der Waals surface area contributed by atoms with Crippen LogP contribution in [0.2, 0.25) is 0 Å². The Labute approximate surface area is 149 Å². The monoisotopic (exact) mass is 349 g/mol. The lowest BCUT2D eigenvalue weighted by Gasteiger charge is -2.09. The Kier molecular flexibility index (Phi) is 5.11. The normalized spacial score (nSPS) is 10.2. The number of anilines is 1. The summed E-state index contributed by atoms with van der Waals surface area (Å²) in [6.45, 7) is 1.47. The van der Waals surface area contributed by atoms with Crippen LogP contribution in [0.1, 0.15) is 18.1 Å². The summed E-state index contributed by atoms with van der Waals surface area (Å²) in [6, 6.07) is 17.1. The van der Waals surface area contributed by atoms with Gasteiger partial charge < -0.3 is 5.32 Å². The van der Waals surface area contributed by atoms with Crippen molar-refractivity contribution in [3.8, 4) is 11.8 Å². The molecule has 3 rings (SSSR count). The maximum absolute atomic E-state index is 11.2. The van der Waals surface area contributed by atoms with Gasteiger partial charge in [0.25, 0.3) is 0 Å². The molecule has 0 saturated carbocycles. The van der Waals surface area contributed by atoms with Gasteiger partial charge >= 0.3 is 0 Å². The minimum absolute atomic E-state index is 0.118. The molecule has 7 heteroatoms. The predicted octanol–water partition coefficient (Wildman–Crippen LogP) is 3.39. The first kappa shape index (κ1) is 16.7. The highest BCUT2D eigenvalue weighted by Gasteiger charge is 2.09. The van der Waals surface area contributed by atoms with Crippen LogP contribution in [-0.2, 0) is 10.5 Å². The molecule has 0 radical (unpaired) electrons. The number of amides is 1. The van der Waals surface area contributed by atoms with Crippen LogP contribution in [0.5, 0.6) is 0 Å². The van der Waals surface area contributed by atoms with Crippen molar-refractivity contribution in [1.29, 1.82) is 5.26 Å². The standard InChI is InChI=1S/C18H15N5OS/c1-13(24)21-16-6-3-7-17(9-16)23-12-20-22-18(23)25-11-15-5-2-4-14(8-15)10-19/h2-9,12H,11H2,1H3,(H,21,24). The molecule has 3 aromatic rings. The summed E-state index contributed by atoms with van der Waals surface area (Å²) < 4.78 is 1.87. The maximum Gasteiger partial charge on any atom is 0.221 e. The first-order valence-electron chi connectivity index (χ1n) is 7.55. The molecule has 0 aliphatic heterocycles. The fourth-order valence-corrected chi connectivity index (χ4v) is 3.19.